The van der Waals surface area contributed by atoms with E-state index in [9.17, 15) is 0 Å². The van der Waals surface area contributed by atoms with Crippen LogP contribution in [0.25, 0.3) is 31.3 Å². The number of hydrogen-bond acceptors (Lipinski definition) is 12. The molecule has 12 heteroatoms. The molecule has 0 radical (unpaired) electrons. The van der Waals surface area contributed by atoms with Gasteiger partial charge in [0.05, 0.1) is 20.3 Å². The van der Waals surface area contributed by atoms with Gasteiger partial charge in [-0.1, -0.05) is 40.0 Å². The van der Waals surface area contributed by atoms with Gasteiger partial charge in [-0.2, -0.15) is 9.38 Å². The monoisotopic (exact) mass is 538 g/mol. The minimum Gasteiger partial charge on any atom is -0.354 e. The Morgan fingerprint density at radius 2 is 1.62 bits per heavy atom. The van der Waals surface area contributed by atoms with Gasteiger partial charge in [-0.05, 0) is 77.0 Å². The lowest BCUT2D eigenvalue weighted by Crippen LogP contribution is -2.49. The van der Waals surface area contributed by atoms with Crippen molar-refractivity contribution in [2.75, 3.05) is 15.2 Å². The summed E-state index contributed by atoms with van der Waals surface area (Å²) in [7, 11) is 0. The predicted octanol–water partition coefficient (Wildman–Crippen LogP) is 6.53. The highest BCUT2D eigenvalue weighted by molar-refractivity contribution is 7.14. The Morgan fingerprint density at radius 1 is 0.757 bits per heavy atom. The Hall–Kier alpha value is -4.39. The van der Waals surface area contributed by atoms with Crippen LogP contribution in [-0.4, -0.2) is 25.0 Å². The van der Waals surface area contributed by atoms with Gasteiger partial charge < -0.3 is 4.52 Å². The van der Waals surface area contributed by atoms with Crippen molar-refractivity contribution < 1.29 is 4.52 Å². The second kappa shape index (κ2) is 8.06. The Morgan fingerprint density at radius 3 is 2.54 bits per heavy atom. The fraction of sp³-hybridized carbons (Fsp3) is 0. The number of fused-ring (bicyclic) bond motifs is 3. The minimum atomic E-state index is 0.600. The molecule has 0 saturated heterocycles. The third kappa shape index (κ3) is 3.10. The van der Waals surface area contributed by atoms with Gasteiger partial charge in [-0.25, -0.2) is 0 Å². The molecular weight excluding hydrogens is 525 g/mol. The molecule has 1 aliphatic rings. The highest BCUT2D eigenvalue weighted by atomic mass is 32.1. The first-order valence-electron chi connectivity index (χ1n) is 11.3. The zero-order valence-electron chi connectivity index (χ0n) is 18.8. The SMILES string of the molecule is c1csc(N2N=C(c3cccc4snnc34)N(c3nsc4ccccc34)N2c2noc3ccccc23)c1. The zero-order valence-corrected chi connectivity index (χ0v) is 21.2. The van der Waals surface area contributed by atoms with Crippen LogP contribution in [0.4, 0.5) is 16.6 Å². The second-order valence-electron chi connectivity index (χ2n) is 8.20. The van der Waals surface area contributed by atoms with E-state index in [4.69, 9.17) is 14.0 Å². The van der Waals surface area contributed by atoms with Gasteiger partial charge >= 0.3 is 0 Å². The molecule has 0 spiro atoms. The summed E-state index contributed by atoms with van der Waals surface area (Å²) >= 11 is 4.39. The number of anilines is 3. The summed E-state index contributed by atoms with van der Waals surface area (Å²) in [6.07, 6.45) is 0. The van der Waals surface area contributed by atoms with Crippen LogP contribution in [0.5, 0.6) is 0 Å². The van der Waals surface area contributed by atoms with Gasteiger partial charge in [0.1, 0.15) is 10.5 Å². The lowest BCUT2D eigenvalue weighted by atomic mass is 10.1. The number of amidine groups is 1. The molecule has 0 aliphatic carbocycles. The van der Waals surface area contributed by atoms with Crippen LogP contribution in [0.3, 0.4) is 0 Å². The van der Waals surface area contributed by atoms with Crippen molar-refractivity contribution in [1.29, 1.82) is 0 Å². The first-order valence-corrected chi connectivity index (χ1v) is 13.7. The van der Waals surface area contributed by atoms with Gasteiger partial charge in [-0.15, -0.1) is 31.8 Å². The average molecular weight is 539 g/mol. The summed E-state index contributed by atoms with van der Waals surface area (Å²) in [5, 5.41) is 24.7. The largest absolute Gasteiger partial charge is 0.354 e. The van der Waals surface area contributed by atoms with Crippen LogP contribution in [0.2, 0.25) is 0 Å². The summed E-state index contributed by atoms with van der Waals surface area (Å²) in [4.78, 5) is 0. The number of nitrogens with zero attached hydrogens (tertiary/aromatic N) is 8. The van der Waals surface area contributed by atoms with Crippen molar-refractivity contribution in [3.05, 3.63) is 89.8 Å². The van der Waals surface area contributed by atoms with E-state index in [0.29, 0.717) is 17.2 Å². The van der Waals surface area contributed by atoms with E-state index in [0.717, 1.165) is 42.1 Å². The molecular formula is C25H14N8OS3. The molecule has 5 heterocycles. The first kappa shape index (κ1) is 20.8. The summed E-state index contributed by atoms with van der Waals surface area (Å²) in [6, 6.07) is 26.0. The van der Waals surface area contributed by atoms with Crippen LogP contribution >= 0.6 is 34.4 Å². The molecule has 0 bridgehead atoms. The van der Waals surface area contributed by atoms with E-state index >= 15 is 0 Å². The lowest BCUT2D eigenvalue weighted by Gasteiger charge is -2.32. The Labute approximate surface area is 221 Å². The fourth-order valence-electron chi connectivity index (χ4n) is 4.44. The van der Waals surface area contributed by atoms with E-state index in [1.54, 1.807) is 11.3 Å². The molecule has 9 nitrogen and oxygen atoms in total. The maximum absolute atomic E-state index is 5.75. The van der Waals surface area contributed by atoms with Crippen LogP contribution in [0.15, 0.2) is 93.9 Å². The molecule has 0 N–H and O–H groups in total. The molecule has 0 unspecified atom stereocenters. The van der Waals surface area contributed by atoms with Crippen molar-refractivity contribution >= 4 is 88.1 Å². The Kier molecular flexibility index (Phi) is 4.53. The predicted molar refractivity (Wildman–Crippen MR) is 149 cm³/mol. The van der Waals surface area contributed by atoms with Crippen LogP contribution < -0.4 is 15.2 Å². The first-order chi connectivity index (χ1) is 18.4. The van der Waals surface area contributed by atoms with Gasteiger partial charge in [0.15, 0.2) is 17.2 Å². The summed E-state index contributed by atoms with van der Waals surface area (Å²) in [6.45, 7) is 0. The van der Waals surface area contributed by atoms with Gasteiger partial charge in [0.2, 0.25) is 5.82 Å². The third-order valence-electron chi connectivity index (χ3n) is 6.09. The number of aromatic nitrogens is 4. The van der Waals surface area contributed by atoms with Crippen LogP contribution in [0.1, 0.15) is 5.56 Å². The molecule has 1 aliphatic heterocycles. The zero-order chi connectivity index (χ0) is 24.3. The summed E-state index contributed by atoms with van der Waals surface area (Å²) < 4.78 is 16.9. The van der Waals surface area contributed by atoms with Crippen LogP contribution in [0, 0.1) is 0 Å². The van der Waals surface area contributed by atoms with Crippen molar-refractivity contribution in [2.24, 2.45) is 5.10 Å². The van der Waals surface area contributed by atoms with E-state index in [1.807, 2.05) is 87.4 Å². The van der Waals surface area contributed by atoms with Crippen LogP contribution in [-0.2, 0) is 0 Å². The maximum Gasteiger partial charge on any atom is 0.223 e. The quantitative estimate of drug-likeness (QED) is 0.250. The lowest BCUT2D eigenvalue weighted by molar-refractivity contribution is 0.454. The normalized spacial score (nSPS) is 13.9. The molecule has 8 rings (SSSR count). The Balaban J connectivity index is 1.44. The minimum absolute atomic E-state index is 0.600. The molecule has 3 aromatic carbocycles. The molecule has 37 heavy (non-hydrogen) atoms. The molecule has 0 amide bonds. The molecule has 178 valence electrons. The highest BCUT2D eigenvalue weighted by Gasteiger charge is 2.41. The van der Waals surface area contributed by atoms with Gasteiger partial charge in [0, 0.05) is 5.39 Å². The van der Waals surface area contributed by atoms with Gasteiger partial charge in [-0.3, -0.25) is 0 Å². The highest BCUT2D eigenvalue weighted by Crippen LogP contribution is 2.41. The number of benzene rings is 3. The second-order valence-corrected chi connectivity index (χ2v) is 10.7. The molecule has 0 saturated carbocycles. The molecule has 4 aromatic heterocycles. The number of hydrazone groups is 1. The van der Waals surface area contributed by atoms with E-state index < -0.39 is 0 Å². The van der Waals surface area contributed by atoms with E-state index in [-0.39, 0.29) is 0 Å². The average Bonchev–Trinajstić information content (AvgIpc) is 3.76. The summed E-state index contributed by atoms with van der Waals surface area (Å²) in [5.74, 6) is 2.00. The standard InChI is InChI=1S/C25H14N8OS3/c1-3-10-18-15(7-1)24(28-34-18)33-31(25-16-8-2-4-11-19(16)36-29-25)23(27-32(33)21-13-6-14-35-21)17-9-5-12-20-22(17)26-30-37-20/h1-14H. The number of thiophene rings is 1. The topological polar surface area (TPSA) is 86.8 Å². The molecule has 0 atom stereocenters. The number of hydrogen-bond donors (Lipinski definition) is 0. The number of para-hydroxylation sites is 1. The summed E-state index contributed by atoms with van der Waals surface area (Å²) in [5.41, 5.74) is 2.32. The van der Waals surface area contributed by atoms with Crippen molar-refractivity contribution in [2.45, 2.75) is 0 Å². The number of rotatable bonds is 4. The van der Waals surface area contributed by atoms with Gasteiger partial charge in [0.25, 0.3) is 0 Å². The maximum atomic E-state index is 5.75. The fourth-order valence-corrected chi connectivity index (χ4v) is 6.46. The Bertz CT molecular complexity index is 1940. The van der Waals surface area contributed by atoms with Crippen molar-refractivity contribution in [3.63, 3.8) is 0 Å². The van der Waals surface area contributed by atoms with E-state index in [2.05, 4.69) is 26.9 Å². The smallest absolute Gasteiger partial charge is 0.223 e. The molecule has 7 aromatic rings. The van der Waals surface area contributed by atoms with Crippen molar-refractivity contribution in [3.8, 4) is 0 Å². The molecule has 0 fully saturated rings. The third-order valence-corrected chi connectivity index (χ3v) is 8.43. The van der Waals surface area contributed by atoms with Crippen molar-refractivity contribution in [1.82, 2.24) is 19.1 Å². The number of hydrazine groups is 2. The van der Waals surface area contributed by atoms with E-state index in [1.165, 1.54) is 23.1 Å².